The molecular formula is C15H23ClN2. The van der Waals surface area contributed by atoms with Gasteiger partial charge in [0.25, 0.3) is 0 Å². The second-order valence-electron chi connectivity index (χ2n) is 5.44. The molecular weight excluding hydrogens is 244 g/mol. The van der Waals surface area contributed by atoms with E-state index in [0.29, 0.717) is 10.6 Å². The zero-order valence-corrected chi connectivity index (χ0v) is 12.2. The second kappa shape index (κ2) is 6.03. The monoisotopic (exact) mass is 266 g/mol. The van der Waals surface area contributed by atoms with Crippen LogP contribution >= 0.6 is 11.6 Å². The molecule has 0 amide bonds. The van der Waals surface area contributed by atoms with E-state index in [1.165, 1.54) is 38.8 Å². The van der Waals surface area contributed by atoms with E-state index in [0.717, 1.165) is 12.1 Å². The molecule has 0 bridgehead atoms. The number of hydrogen-bond acceptors (Lipinski definition) is 2. The van der Waals surface area contributed by atoms with Crippen LogP contribution in [0.4, 0.5) is 0 Å². The van der Waals surface area contributed by atoms with Gasteiger partial charge in [0.1, 0.15) is 5.15 Å². The van der Waals surface area contributed by atoms with Gasteiger partial charge in [-0.2, -0.15) is 0 Å². The number of hydrogen-bond donors (Lipinski definition) is 0. The fourth-order valence-electron chi connectivity index (χ4n) is 2.92. The summed E-state index contributed by atoms with van der Waals surface area (Å²) in [7, 11) is 0. The quantitative estimate of drug-likeness (QED) is 0.762. The third-order valence-corrected chi connectivity index (χ3v) is 4.99. The van der Waals surface area contributed by atoms with Crippen LogP contribution in [0.3, 0.4) is 0 Å². The summed E-state index contributed by atoms with van der Waals surface area (Å²) < 4.78 is 0. The summed E-state index contributed by atoms with van der Waals surface area (Å²) >= 11 is 6.12. The molecule has 0 unspecified atom stereocenters. The first kappa shape index (κ1) is 13.8. The number of likely N-dealkylation sites (tertiary alicyclic amines) is 1. The van der Waals surface area contributed by atoms with Crippen molar-refractivity contribution in [2.24, 2.45) is 5.41 Å². The second-order valence-corrected chi connectivity index (χ2v) is 5.79. The summed E-state index contributed by atoms with van der Waals surface area (Å²) in [4.78, 5) is 6.65. The first-order valence-electron chi connectivity index (χ1n) is 7.01. The van der Waals surface area contributed by atoms with Crippen LogP contribution in [0, 0.1) is 5.41 Å². The lowest BCUT2D eigenvalue weighted by atomic mass is 9.74. The van der Waals surface area contributed by atoms with Crippen LogP contribution in [-0.4, -0.2) is 23.0 Å². The minimum Gasteiger partial charge on any atom is -0.299 e. The number of piperidine rings is 1. The summed E-state index contributed by atoms with van der Waals surface area (Å²) in [5.74, 6) is 0. The summed E-state index contributed by atoms with van der Waals surface area (Å²) in [6.07, 6.45) is 7.01. The summed E-state index contributed by atoms with van der Waals surface area (Å²) in [5.41, 5.74) is 1.74. The highest BCUT2D eigenvalue weighted by Crippen LogP contribution is 2.38. The highest BCUT2D eigenvalue weighted by molar-refractivity contribution is 6.30. The van der Waals surface area contributed by atoms with Crippen molar-refractivity contribution in [1.29, 1.82) is 0 Å². The fourth-order valence-corrected chi connectivity index (χ4v) is 3.10. The molecule has 0 atom stereocenters. The lowest BCUT2D eigenvalue weighted by molar-refractivity contribution is 0.0908. The molecule has 0 N–H and O–H groups in total. The lowest BCUT2D eigenvalue weighted by Crippen LogP contribution is -2.39. The Bertz CT molecular complexity index is 378. The average molecular weight is 267 g/mol. The highest BCUT2D eigenvalue weighted by atomic mass is 35.5. The van der Waals surface area contributed by atoms with Crippen molar-refractivity contribution < 1.29 is 0 Å². The van der Waals surface area contributed by atoms with E-state index < -0.39 is 0 Å². The zero-order valence-electron chi connectivity index (χ0n) is 11.5. The van der Waals surface area contributed by atoms with Crippen LogP contribution in [0.5, 0.6) is 0 Å². The van der Waals surface area contributed by atoms with Gasteiger partial charge < -0.3 is 0 Å². The van der Waals surface area contributed by atoms with Crippen LogP contribution in [0.2, 0.25) is 5.15 Å². The number of nitrogens with zero attached hydrogens (tertiary/aromatic N) is 2. The number of aromatic nitrogens is 1. The molecule has 1 aliphatic heterocycles. The molecule has 2 nitrogen and oxygen atoms in total. The molecule has 100 valence electrons. The Morgan fingerprint density at radius 1 is 1.28 bits per heavy atom. The molecule has 1 aromatic rings. The van der Waals surface area contributed by atoms with Crippen LogP contribution < -0.4 is 0 Å². The van der Waals surface area contributed by atoms with Gasteiger partial charge >= 0.3 is 0 Å². The Morgan fingerprint density at radius 2 is 1.94 bits per heavy atom. The third kappa shape index (κ3) is 3.04. The lowest BCUT2D eigenvalue weighted by Gasteiger charge is -2.41. The van der Waals surface area contributed by atoms with Crippen LogP contribution in [-0.2, 0) is 6.54 Å². The Balaban J connectivity index is 1.93. The standard InChI is InChI=1S/C15H23ClN2/c1-3-15(4-2)7-10-18(11-8-15)12-13-6-5-9-17-14(13)16/h5-6,9H,3-4,7-8,10-12H2,1-2H3. The first-order chi connectivity index (χ1) is 8.69. The zero-order chi connectivity index (χ0) is 13.0. The van der Waals surface area contributed by atoms with E-state index in [-0.39, 0.29) is 0 Å². The molecule has 1 aliphatic rings. The van der Waals surface area contributed by atoms with Gasteiger partial charge in [-0.15, -0.1) is 0 Å². The molecule has 0 radical (unpaired) electrons. The van der Waals surface area contributed by atoms with Gasteiger partial charge in [-0.3, -0.25) is 4.90 Å². The van der Waals surface area contributed by atoms with E-state index >= 15 is 0 Å². The van der Waals surface area contributed by atoms with E-state index in [9.17, 15) is 0 Å². The van der Waals surface area contributed by atoms with Gasteiger partial charge in [0.05, 0.1) is 0 Å². The van der Waals surface area contributed by atoms with Crippen molar-refractivity contribution in [3.63, 3.8) is 0 Å². The molecule has 1 fully saturated rings. The van der Waals surface area contributed by atoms with Crippen molar-refractivity contribution in [3.05, 3.63) is 29.0 Å². The molecule has 0 aromatic carbocycles. The molecule has 1 saturated heterocycles. The van der Waals surface area contributed by atoms with Crippen molar-refractivity contribution in [2.75, 3.05) is 13.1 Å². The van der Waals surface area contributed by atoms with Crippen LogP contribution in [0.15, 0.2) is 18.3 Å². The summed E-state index contributed by atoms with van der Waals surface area (Å²) in [5, 5.41) is 0.653. The summed E-state index contributed by atoms with van der Waals surface area (Å²) in [6.45, 7) is 7.98. The maximum Gasteiger partial charge on any atom is 0.133 e. The fraction of sp³-hybridized carbons (Fsp3) is 0.667. The van der Waals surface area contributed by atoms with Gasteiger partial charge in [-0.25, -0.2) is 4.98 Å². The maximum absolute atomic E-state index is 6.12. The van der Waals surface area contributed by atoms with Crippen molar-refractivity contribution in [1.82, 2.24) is 9.88 Å². The van der Waals surface area contributed by atoms with Crippen molar-refractivity contribution in [2.45, 2.75) is 46.1 Å². The Kier molecular flexibility index (Phi) is 4.63. The van der Waals surface area contributed by atoms with Gasteiger partial charge in [-0.1, -0.05) is 44.4 Å². The molecule has 1 aromatic heterocycles. The van der Waals surface area contributed by atoms with E-state index in [1.54, 1.807) is 6.20 Å². The van der Waals surface area contributed by atoms with Crippen LogP contribution in [0.1, 0.15) is 45.1 Å². The SMILES string of the molecule is CCC1(CC)CCN(Cc2cccnc2Cl)CC1. The molecule has 2 heterocycles. The highest BCUT2D eigenvalue weighted by Gasteiger charge is 2.31. The third-order valence-electron chi connectivity index (χ3n) is 4.65. The number of pyridine rings is 1. The largest absolute Gasteiger partial charge is 0.299 e. The van der Waals surface area contributed by atoms with Gasteiger partial charge in [-0.05, 0) is 37.4 Å². The predicted octanol–water partition coefficient (Wildman–Crippen LogP) is 4.14. The predicted molar refractivity (Wildman–Crippen MR) is 76.8 cm³/mol. The molecule has 18 heavy (non-hydrogen) atoms. The maximum atomic E-state index is 6.12. The topological polar surface area (TPSA) is 16.1 Å². The molecule has 2 rings (SSSR count). The first-order valence-corrected chi connectivity index (χ1v) is 7.38. The van der Waals surface area contributed by atoms with Crippen LogP contribution in [0.25, 0.3) is 0 Å². The Labute approximate surface area is 115 Å². The molecule has 3 heteroatoms. The van der Waals surface area contributed by atoms with Gasteiger partial charge in [0.2, 0.25) is 0 Å². The normalized spacial score (nSPS) is 19.9. The smallest absolute Gasteiger partial charge is 0.133 e. The Morgan fingerprint density at radius 3 is 2.50 bits per heavy atom. The average Bonchev–Trinajstić information content (AvgIpc) is 2.43. The molecule has 0 spiro atoms. The molecule has 0 aliphatic carbocycles. The summed E-state index contributed by atoms with van der Waals surface area (Å²) in [6, 6.07) is 4.05. The minimum absolute atomic E-state index is 0.592. The van der Waals surface area contributed by atoms with E-state index in [4.69, 9.17) is 11.6 Å². The minimum atomic E-state index is 0.592. The van der Waals surface area contributed by atoms with Gasteiger partial charge in [0.15, 0.2) is 0 Å². The van der Waals surface area contributed by atoms with Crippen molar-refractivity contribution in [3.8, 4) is 0 Å². The Hall–Kier alpha value is -0.600. The van der Waals surface area contributed by atoms with E-state index in [1.807, 2.05) is 6.07 Å². The van der Waals surface area contributed by atoms with E-state index in [2.05, 4.69) is 29.8 Å². The number of halogens is 1. The van der Waals surface area contributed by atoms with Crippen molar-refractivity contribution >= 4 is 11.6 Å². The number of rotatable bonds is 4. The van der Waals surface area contributed by atoms with Gasteiger partial charge in [0, 0.05) is 18.3 Å². The molecule has 0 saturated carbocycles.